The SMILES string of the molecule is CCC(C)C1(CC(=O)O)CCCN(C)C1. The highest BCUT2D eigenvalue weighted by atomic mass is 16.4. The van der Waals surface area contributed by atoms with Crippen LogP contribution in [0.25, 0.3) is 0 Å². The number of carboxylic acids is 1. The lowest BCUT2D eigenvalue weighted by molar-refractivity contribution is -0.142. The van der Waals surface area contributed by atoms with Gasteiger partial charge in [0, 0.05) is 6.54 Å². The van der Waals surface area contributed by atoms with Gasteiger partial charge in [-0.3, -0.25) is 4.79 Å². The van der Waals surface area contributed by atoms with Gasteiger partial charge in [-0.1, -0.05) is 20.3 Å². The van der Waals surface area contributed by atoms with Crippen LogP contribution >= 0.6 is 0 Å². The van der Waals surface area contributed by atoms with Crippen LogP contribution < -0.4 is 0 Å². The first-order valence-corrected chi connectivity index (χ1v) is 5.90. The first-order valence-electron chi connectivity index (χ1n) is 5.90. The fraction of sp³-hybridized carbons (Fsp3) is 0.917. The van der Waals surface area contributed by atoms with Crippen LogP contribution in [0, 0.1) is 11.3 Å². The van der Waals surface area contributed by atoms with Gasteiger partial charge in [0.05, 0.1) is 6.42 Å². The highest BCUT2D eigenvalue weighted by Gasteiger charge is 2.40. The Morgan fingerprint density at radius 2 is 2.27 bits per heavy atom. The summed E-state index contributed by atoms with van der Waals surface area (Å²) in [7, 11) is 2.10. The number of hydrogen-bond donors (Lipinski definition) is 1. The lowest BCUT2D eigenvalue weighted by atomic mass is 9.67. The summed E-state index contributed by atoms with van der Waals surface area (Å²) in [6, 6.07) is 0. The molecule has 1 aliphatic heterocycles. The summed E-state index contributed by atoms with van der Waals surface area (Å²) < 4.78 is 0. The Morgan fingerprint density at radius 1 is 1.60 bits per heavy atom. The van der Waals surface area contributed by atoms with E-state index in [4.69, 9.17) is 5.11 Å². The highest BCUT2D eigenvalue weighted by Crippen LogP contribution is 2.41. The van der Waals surface area contributed by atoms with Crippen LogP contribution in [-0.4, -0.2) is 36.1 Å². The van der Waals surface area contributed by atoms with Gasteiger partial charge in [-0.15, -0.1) is 0 Å². The standard InChI is InChI=1S/C12H23NO2/c1-4-10(2)12(8-11(14)15)6-5-7-13(3)9-12/h10H,4-9H2,1-3H3,(H,14,15). The molecule has 88 valence electrons. The minimum Gasteiger partial charge on any atom is -0.481 e. The van der Waals surface area contributed by atoms with Crippen LogP contribution in [0.15, 0.2) is 0 Å². The molecule has 0 aromatic rings. The summed E-state index contributed by atoms with van der Waals surface area (Å²) in [5.41, 5.74) is 0.00752. The third-order valence-corrected chi connectivity index (χ3v) is 3.96. The van der Waals surface area contributed by atoms with Crippen molar-refractivity contribution >= 4 is 5.97 Å². The Kier molecular flexibility index (Phi) is 4.14. The maximum Gasteiger partial charge on any atom is 0.303 e. The summed E-state index contributed by atoms with van der Waals surface area (Å²) in [5, 5.41) is 9.04. The van der Waals surface area contributed by atoms with E-state index in [-0.39, 0.29) is 5.41 Å². The van der Waals surface area contributed by atoms with Crippen molar-refractivity contribution in [3.8, 4) is 0 Å². The predicted octanol–water partition coefficient (Wildman–Crippen LogP) is 2.22. The zero-order valence-electron chi connectivity index (χ0n) is 10.1. The van der Waals surface area contributed by atoms with Gasteiger partial charge in [0.2, 0.25) is 0 Å². The van der Waals surface area contributed by atoms with Crippen molar-refractivity contribution in [2.45, 2.75) is 39.5 Å². The summed E-state index contributed by atoms with van der Waals surface area (Å²) in [6.07, 6.45) is 3.60. The molecule has 0 amide bonds. The number of carbonyl (C=O) groups is 1. The molecule has 15 heavy (non-hydrogen) atoms. The number of hydrogen-bond acceptors (Lipinski definition) is 2. The number of nitrogens with zero attached hydrogens (tertiary/aromatic N) is 1. The van der Waals surface area contributed by atoms with Gasteiger partial charge >= 0.3 is 5.97 Å². The van der Waals surface area contributed by atoms with Crippen LogP contribution in [-0.2, 0) is 4.79 Å². The first kappa shape index (κ1) is 12.5. The molecule has 2 unspecified atom stereocenters. The van der Waals surface area contributed by atoms with Crippen molar-refractivity contribution in [1.82, 2.24) is 4.90 Å². The van der Waals surface area contributed by atoms with Gasteiger partial charge < -0.3 is 10.0 Å². The molecule has 2 atom stereocenters. The quantitative estimate of drug-likeness (QED) is 0.778. The highest BCUT2D eigenvalue weighted by molar-refractivity contribution is 5.67. The second kappa shape index (κ2) is 4.97. The third kappa shape index (κ3) is 2.94. The fourth-order valence-electron chi connectivity index (χ4n) is 2.85. The van der Waals surface area contributed by atoms with Gasteiger partial charge in [-0.25, -0.2) is 0 Å². The van der Waals surface area contributed by atoms with E-state index in [0.29, 0.717) is 12.3 Å². The fourth-order valence-corrected chi connectivity index (χ4v) is 2.85. The Labute approximate surface area is 92.5 Å². The number of piperidine rings is 1. The second-order valence-electron chi connectivity index (χ2n) is 5.08. The molecule has 3 nitrogen and oxygen atoms in total. The number of likely N-dealkylation sites (tertiary alicyclic amines) is 1. The molecule has 3 heteroatoms. The Hall–Kier alpha value is -0.570. The average molecular weight is 213 g/mol. The number of carboxylic acid groups (broad SMARTS) is 1. The normalized spacial score (nSPS) is 30.1. The monoisotopic (exact) mass is 213 g/mol. The lowest BCUT2D eigenvalue weighted by Crippen LogP contribution is -2.46. The van der Waals surface area contributed by atoms with Crippen molar-refractivity contribution in [3.63, 3.8) is 0 Å². The first-order chi connectivity index (χ1) is 7.00. The lowest BCUT2D eigenvalue weighted by Gasteiger charge is -2.44. The molecular formula is C12H23NO2. The van der Waals surface area contributed by atoms with E-state index in [2.05, 4.69) is 25.8 Å². The molecule has 1 aliphatic rings. The Morgan fingerprint density at radius 3 is 2.73 bits per heavy atom. The van der Waals surface area contributed by atoms with Gasteiger partial charge in [0.15, 0.2) is 0 Å². The smallest absolute Gasteiger partial charge is 0.303 e. The zero-order chi connectivity index (χ0) is 11.5. The molecule has 0 bridgehead atoms. The molecule has 1 heterocycles. The van der Waals surface area contributed by atoms with Crippen LogP contribution in [0.5, 0.6) is 0 Å². The van der Waals surface area contributed by atoms with E-state index >= 15 is 0 Å². The van der Waals surface area contributed by atoms with E-state index in [0.717, 1.165) is 32.4 Å². The van der Waals surface area contributed by atoms with Crippen LogP contribution in [0.1, 0.15) is 39.5 Å². The Balaban J connectivity index is 2.79. The molecule has 1 rings (SSSR count). The van der Waals surface area contributed by atoms with E-state index in [9.17, 15) is 4.79 Å². The van der Waals surface area contributed by atoms with Gasteiger partial charge in [-0.2, -0.15) is 0 Å². The van der Waals surface area contributed by atoms with Gasteiger partial charge in [-0.05, 0) is 37.8 Å². The van der Waals surface area contributed by atoms with Crippen LogP contribution in [0.4, 0.5) is 0 Å². The second-order valence-corrected chi connectivity index (χ2v) is 5.08. The summed E-state index contributed by atoms with van der Waals surface area (Å²) in [6.45, 7) is 6.40. The molecule has 0 aromatic heterocycles. The van der Waals surface area contributed by atoms with Crippen molar-refractivity contribution in [3.05, 3.63) is 0 Å². The van der Waals surface area contributed by atoms with Crippen molar-refractivity contribution in [2.75, 3.05) is 20.1 Å². The molecule has 0 radical (unpaired) electrons. The van der Waals surface area contributed by atoms with Crippen LogP contribution in [0.3, 0.4) is 0 Å². The summed E-state index contributed by atoms with van der Waals surface area (Å²) >= 11 is 0. The average Bonchev–Trinajstić information content (AvgIpc) is 2.15. The molecular weight excluding hydrogens is 190 g/mol. The largest absolute Gasteiger partial charge is 0.481 e. The molecule has 0 saturated carbocycles. The predicted molar refractivity (Wildman–Crippen MR) is 60.9 cm³/mol. The number of aliphatic carboxylic acids is 1. The minimum atomic E-state index is -0.648. The van der Waals surface area contributed by atoms with E-state index in [1.165, 1.54) is 0 Å². The molecule has 0 spiro atoms. The van der Waals surface area contributed by atoms with Crippen molar-refractivity contribution < 1.29 is 9.90 Å². The summed E-state index contributed by atoms with van der Waals surface area (Å²) in [5.74, 6) is -0.151. The maximum atomic E-state index is 11.0. The summed E-state index contributed by atoms with van der Waals surface area (Å²) in [4.78, 5) is 13.3. The minimum absolute atomic E-state index is 0.00752. The zero-order valence-corrected chi connectivity index (χ0v) is 10.1. The van der Waals surface area contributed by atoms with Gasteiger partial charge in [0.25, 0.3) is 0 Å². The molecule has 1 saturated heterocycles. The maximum absolute atomic E-state index is 11.0. The van der Waals surface area contributed by atoms with Crippen LogP contribution in [0.2, 0.25) is 0 Å². The van der Waals surface area contributed by atoms with Crippen molar-refractivity contribution in [1.29, 1.82) is 0 Å². The molecule has 0 aliphatic carbocycles. The van der Waals surface area contributed by atoms with E-state index in [1.807, 2.05) is 0 Å². The molecule has 1 fully saturated rings. The topological polar surface area (TPSA) is 40.5 Å². The molecule has 1 N–H and O–H groups in total. The molecule has 0 aromatic carbocycles. The van der Waals surface area contributed by atoms with Gasteiger partial charge in [0.1, 0.15) is 0 Å². The third-order valence-electron chi connectivity index (χ3n) is 3.96. The van der Waals surface area contributed by atoms with Crippen molar-refractivity contribution in [2.24, 2.45) is 11.3 Å². The van der Waals surface area contributed by atoms with E-state index < -0.39 is 5.97 Å². The van der Waals surface area contributed by atoms with E-state index in [1.54, 1.807) is 0 Å². The number of rotatable bonds is 4. The Bertz CT molecular complexity index is 230.